The number of methoxy groups -OCH3 is 1. The van der Waals surface area contributed by atoms with Crippen molar-refractivity contribution in [3.05, 3.63) is 54.2 Å². The summed E-state index contributed by atoms with van der Waals surface area (Å²) in [6.45, 7) is 6.18. The number of carbonyl (C=O) groups is 1. The lowest BCUT2D eigenvalue weighted by Crippen LogP contribution is -2.51. The van der Waals surface area contributed by atoms with Crippen LogP contribution in [0, 0.1) is 5.92 Å². The van der Waals surface area contributed by atoms with E-state index in [9.17, 15) is 4.79 Å². The van der Waals surface area contributed by atoms with Crippen molar-refractivity contribution in [3.63, 3.8) is 0 Å². The monoisotopic (exact) mass is 461 g/mol. The Morgan fingerprint density at radius 3 is 2.68 bits per heavy atom. The topological polar surface area (TPSA) is 79.8 Å². The zero-order valence-corrected chi connectivity index (χ0v) is 19.7. The molecule has 8 heteroatoms. The van der Waals surface area contributed by atoms with Crippen molar-refractivity contribution >= 4 is 28.5 Å². The molecule has 4 heterocycles. The summed E-state index contributed by atoms with van der Waals surface area (Å²) in [6, 6.07) is 14.0. The number of nitrogens with one attached hydrogen (secondary N) is 1. The van der Waals surface area contributed by atoms with Crippen LogP contribution in [0.5, 0.6) is 5.88 Å². The fourth-order valence-electron chi connectivity index (χ4n) is 4.68. The smallest absolute Gasteiger partial charge is 0.414 e. The number of amides is 1. The van der Waals surface area contributed by atoms with Crippen molar-refractivity contribution < 1.29 is 14.3 Å². The molecule has 2 saturated heterocycles. The SMILES string of the molecule is CCCc1ccc(N2C[C@@H](CNCC3CN(c4ccnc5ccc(OC)nc45)C3)OC2=O)cc1. The normalized spacial score (nSPS) is 18.3. The number of pyridine rings is 2. The number of hydrogen-bond acceptors (Lipinski definition) is 7. The number of nitrogens with zero attached hydrogens (tertiary/aromatic N) is 4. The number of ether oxygens (including phenoxy) is 2. The summed E-state index contributed by atoms with van der Waals surface area (Å²) in [5.74, 6) is 1.13. The van der Waals surface area contributed by atoms with Crippen LogP contribution in [-0.2, 0) is 11.2 Å². The average Bonchev–Trinajstić information content (AvgIpc) is 3.21. The van der Waals surface area contributed by atoms with E-state index in [-0.39, 0.29) is 12.2 Å². The van der Waals surface area contributed by atoms with Gasteiger partial charge in [0.15, 0.2) is 0 Å². The Morgan fingerprint density at radius 1 is 1.09 bits per heavy atom. The minimum atomic E-state index is -0.266. The van der Waals surface area contributed by atoms with Crippen molar-refractivity contribution in [3.8, 4) is 5.88 Å². The molecular formula is C26H31N5O3. The maximum absolute atomic E-state index is 12.4. The summed E-state index contributed by atoms with van der Waals surface area (Å²) in [7, 11) is 1.62. The molecule has 0 spiro atoms. The quantitative estimate of drug-likeness (QED) is 0.521. The van der Waals surface area contributed by atoms with Gasteiger partial charge in [-0.15, -0.1) is 0 Å². The molecule has 3 aromatic rings. The standard InChI is InChI=1S/C26H31N5O3/c1-3-4-18-5-7-20(8-6-18)31-17-21(34-26(31)32)14-27-13-19-15-30(16-19)23-11-12-28-22-9-10-24(33-2)29-25(22)23/h5-12,19,21,27H,3-4,13-17H2,1-2H3/t21-/m1/s1. The molecule has 0 saturated carbocycles. The molecule has 1 N–H and O–H groups in total. The van der Waals surface area contributed by atoms with Gasteiger partial charge in [-0.25, -0.2) is 9.78 Å². The number of anilines is 2. The first kappa shape index (κ1) is 22.4. The van der Waals surface area contributed by atoms with Gasteiger partial charge in [-0.1, -0.05) is 25.5 Å². The number of carbonyl (C=O) groups excluding carboxylic acids is 1. The Hall–Kier alpha value is -3.39. The highest BCUT2D eigenvalue weighted by Gasteiger charge is 2.33. The third-order valence-corrected chi connectivity index (χ3v) is 6.51. The Balaban J connectivity index is 1.09. The van der Waals surface area contributed by atoms with E-state index in [0.717, 1.165) is 54.9 Å². The lowest BCUT2D eigenvalue weighted by atomic mass is 9.99. The summed E-state index contributed by atoms with van der Waals surface area (Å²) in [5, 5.41) is 3.50. The second-order valence-electron chi connectivity index (χ2n) is 9.01. The van der Waals surface area contributed by atoms with Gasteiger partial charge >= 0.3 is 6.09 Å². The predicted octanol–water partition coefficient (Wildman–Crippen LogP) is 3.64. The summed E-state index contributed by atoms with van der Waals surface area (Å²) < 4.78 is 10.9. The van der Waals surface area contributed by atoms with Crippen molar-refractivity contribution in [2.24, 2.45) is 5.92 Å². The highest BCUT2D eigenvalue weighted by Crippen LogP contribution is 2.30. The largest absolute Gasteiger partial charge is 0.481 e. The Kier molecular flexibility index (Phi) is 6.49. The molecule has 8 nitrogen and oxygen atoms in total. The molecule has 1 aromatic carbocycles. The predicted molar refractivity (Wildman–Crippen MR) is 133 cm³/mol. The Morgan fingerprint density at radius 2 is 1.91 bits per heavy atom. The molecule has 0 bridgehead atoms. The van der Waals surface area contributed by atoms with E-state index >= 15 is 0 Å². The molecule has 2 aliphatic rings. The maximum atomic E-state index is 12.4. The third-order valence-electron chi connectivity index (χ3n) is 6.51. The van der Waals surface area contributed by atoms with Crippen LogP contribution in [0.25, 0.3) is 11.0 Å². The first-order valence-corrected chi connectivity index (χ1v) is 12.0. The van der Waals surface area contributed by atoms with Crippen LogP contribution in [0.2, 0.25) is 0 Å². The van der Waals surface area contributed by atoms with Crippen molar-refractivity contribution in [2.75, 3.05) is 49.6 Å². The van der Waals surface area contributed by atoms with Gasteiger partial charge in [-0.3, -0.25) is 9.88 Å². The summed E-state index contributed by atoms with van der Waals surface area (Å²) in [4.78, 5) is 25.4. The van der Waals surface area contributed by atoms with Crippen LogP contribution < -0.4 is 19.9 Å². The zero-order chi connectivity index (χ0) is 23.5. The van der Waals surface area contributed by atoms with Gasteiger partial charge in [0.05, 0.1) is 24.9 Å². The van der Waals surface area contributed by atoms with E-state index in [4.69, 9.17) is 9.47 Å². The molecule has 1 atom stereocenters. The second kappa shape index (κ2) is 9.85. The fraction of sp³-hybridized carbons (Fsp3) is 0.423. The van der Waals surface area contributed by atoms with Gasteiger partial charge in [0, 0.05) is 50.0 Å². The number of aromatic nitrogens is 2. The van der Waals surface area contributed by atoms with Crippen LogP contribution in [0.4, 0.5) is 16.2 Å². The molecule has 2 aromatic heterocycles. The Bertz CT molecular complexity index is 1150. The van der Waals surface area contributed by atoms with Gasteiger partial charge in [0.25, 0.3) is 0 Å². The number of fused-ring (bicyclic) bond motifs is 1. The van der Waals surface area contributed by atoms with Gasteiger partial charge in [-0.2, -0.15) is 0 Å². The lowest BCUT2D eigenvalue weighted by Gasteiger charge is -2.41. The minimum Gasteiger partial charge on any atom is -0.481 e. The molecule has 178 valence electrons. The third kappa shape index (κ3) is 4.63. The van der Waals surface area contributed by atoms with Crippen LogP contribution in [0.15, 0.2) is 48.7 Å². The zero-order valence-electron chi connectivity index (χ0n) is 19.7. The molecule has 2 aliphatic heterocycles. The second-order valence-corrected chi connectivity index (χ2v) is 9.01. The van der Waals surface area contributed by atoms with E-state index in [2.05, 4.69) is 39.2 Å². The number of cyclic esters (lactones) is 1. The van der Waals surface area contributed by atoms with Crippen molar-refractivity contribution in [1.29, 1.82) is 0 Å². The maximum Gasteiger partial charge on any atom is 0.414 e. The average molecular weight is 462 g/mol. The van der Waals surface area contributed by atoms with Crippen molar-refractivity contribution in [1.82, 2.24) is 15.3 Å². The van der Waals surface area contributed by atoms with Gasteiger partial charge in [0.1, 0.15) is 11.6 Å². The summed E-state index contributed by atoms with van der Waals surface area (Å²) >= 11 is 0. The number of rotatable bonds is 9. The summed E-state index contributed by atoms with van der Waals surface area (Å²) in [6.07, 6.45) is 3.59. The molecule has 34 heavy (non-hydrogen) atoms. The van der Waals surface area contributed by atoms with Gasteiger partial charge in [-0.05, 0) is 36.2 Å². The first-order valence-electron chi connectivity index (χ1n) is 12.0. The van der Waals surface area contributed by atoms with Crippen LogP contribution >= 0.6 is 0 Å². The highest BCUT2D eigenvalue weighted by molar-refractivity contribution is 5.90. The van der Waals surface area contributed by atoms with Gasteiger partial charge < -0.3 is 19.7 Å². The summed E-state index contributed by atoms with van der Waals surface area (Å²) in [5.41, 5.74) is 5.02. The van der Waals surface area contributed by atoms with Crippen LogP contribution in [-0.4, -0.2) is 62.0 Å². The molecule has 0 radical (unpaired) electrons. The number of hydrogen-bond donors (Lipinski definition) is 1. The molecular weight excluding hydrogens is 430 g/mol. The van der Waals surface area contributed by atoms with E-state index in [1.54, 1.807) is 12.0 Å². The number of benzene rings is 1. The lowest BCUT2D eigenvalue weighted by molar-refractivity contribution is 0.139. The molecule has 5 rings (SSSR count). The van der Waals surface area contributed by atoms with Crippen LogP contribution in [0.3, 0.4) is 0 Å². The van der Waals surface area contributed by atoms with Gasteiger partial charge in [0.2, 0.25) is 5.88 Å². The number of aryl methyl sites for hydroxylation is 1. The van der Waals surface area contributed by atoms with E-state index in [1.165, 1.54) is 5.56 Å². The van der Waals surface area contributed by atoms with E-state index in [0.29, 0.717) is 24.9 Å². The Labute approximate surface area is 199 Å². The minimum absolute atomic E-state index is 0.139. The molecule has 0 aliphatic carbocycles. The van der Waals surface area contributed by atoms with E-state index < -0.39 is 0 Å². The first-order chi connectivity index (χ1) is 16.6. The molecule has 1 amide bonds. The fourth-order valence-corrected chi connectivity index (χ4v) is 4.68. The van der Waals surface area contributed by atoms with Crippen LogP contribution in [0.1, 0.15) is 18.9 Å². The molecule has 0 unspecified atom stereocenters. The molecule has 2 fully saturated rings. The van der Waals surface area contributed by atoms with Crippen molar-refractivity contribution in [2.45, 2.75) is 25.9 Å². The van der Waals surface area contributed by atoms with E-state index in [1.807, 2.05) is 36.5 Å². The highest BCUT2D eigenvalue weighted by atomic mass is 16.6.